The summed E-state index contributed by atoms with van der Waals surface area (Å²) in [5.74, 6) is 1.16. The van der Waals surface area contributed by atoms with E-state index in [2.05, 4.69) is 34.5 Å². The highest BCUT2D eigenvalue weighted by Gasteiger charge is 2.14. The molecule has 1 heterocycles. The van der Waals surface area contributed by atoms with E-state index >= 15 is 0 Å². The van der Waals surface area contributed by atoms with Crippen molar-refractivity contribution in [3.05, 3.63) is 84.2 Å². The van der Waals surface area contributed by atoms with Gasteiger partial charge < -0.3 is 14.4 Å². The number of carbonyl (C=O) groups is 1. The van der Waals surface area contributed by atoms with Crippen LogP contribution >= 0.6 is 11.8 Å². The van der Waals surface area contributed by atoms with Crippen LogP contribution in [0.5, 0.6) is 5.75 Å². The van der Waals surface area contributed by atoms with Crippen molar-refractivity contribution >= 4 is 28.5 Å². The minimum absolute atomic E-state index is 0.0814. The molecule has 0 aliphatic rings. The van der Waals surface area contributed by atoms with Gasteiger partial charge in [-0.05, 0) is 23.4 Å². The van der Waals surface area contributed by atoms with Gasteiger partial charge in [0.1, 0.15) is 12.4 Å². The maximum Gasteiger partial charge on any atom is 0.304 e. The fourth-order valence-corrected chi connectivity index (χ4v) is 4.25. The zero-order valence-electron chi connectivity index (χ0n) is 17.0. The Morgan fingerprint density at radius 2 is 1.74 bits per heavy atom. The quantitative estimate of drug-likeness (QED) is 0.361. The van der Waals surface area contributed by atoms with Gasteiger partial charge in [-0.15, -0.1) is 10.2 Å². The predicted octanol–water partition coefficient (Wildman–Crippen LogP) is 4.82. The lowest BCUT2D eigenvalue weighted by molar-refractivity contribution is -0.136. The maximum atomic E-state index is 10.9. The smallest absolute Gasteiger partial charge is 0.304 e. The fraction of sp³-hybridized carbons (Fsp3) is 0.208. The molecule has 0 radical (unpaired) electrons. The van der Waals surface area contributed by atoms with Crippen molar-refractivity contribution in [1.29, 1.82) is 0 Å². The first-order valence-electron chi connectivity index (χ1n) is 10.1. The molecule has 4 aromatic rings. The van der Waals surface area contributed by atoms with Crippen molar-refractivity contribution in [2.75, 3.05) is 5.75 Å². The van der Waals surface area contributed by atoms with E-state index in [-0.39, 0.29) is 13.0 Å². The average molecular weight is 434 g/mol. The summed E-state index contributed by atoms with van der Waals surface area (Å²) >= 11 is 1.41. The van der Waals surface area contributed by atoms with Gasteiger partial charge in [-0.3, -0.25) is 4.79 Å². The lowest BCUT2D eigenvalue weighted by atomic mass is 10.1. The van der Waals surface area contributed by atoms with Gasteiger partial charge in [-0.1, -0.05) is 78.5 Å². The summed E-state index contributed by atoms with van der Waals surface area (Å²) in [6, 6.07) is 24.3. The van der Waals surface area contributed by atoms with Crippen LogP contribution in [-0.4, -0.2) is 31.6 Å². The molecular weight excluding hydrogens is 410 g/mol. The molecule has 0 unspecified atom stereocenters. The molecule has 0 spiro atoms. The Morgan fingerprint density at radius 3 is 2.58 bits per heavy atom. The zero-order valence-corrected chi connectivity index (χ0v) is 17.8. The number of carboxylic acids is 1. The monoisotopic (exact) mass is 433 g/mol. The van der Waals surface area contributed by atoms with Gasteiger partial charge >= 0.3 is 5.97 Å². The molecule has 0 amide bonds. The van der Waals surface area contributed by atoms with E-state index in [4.69, 9.17) is 9.84 Å². The molecule has 1 aromatic heterocycles. The van der Waals surface area contributed by atoms with Crippen molar-refractivity contribution < 1.29 is 14.6 Å². The molecule has 0 aliphatic carbocycles. The van der Waals surface area contributed by atoms with E-state index in [9.17, 15) is 4.79 Å². The van der Waals surface area contributed by atoms with Crippen LogP contribution in [0.1, 0.15) is 17.8 Å². The Bertz CT molecular complexity index is 1160. The molecule has 158 valence electrons. The van der Waals surface area contributed by atoms with Gasteiger partial charge in [0.15, 0.2) is 11.0 Å². The lowest BCUT2D eigenvalue weighted by Gasteiger charge is -2.12. The fourth-order valence-electron chi connectivity index (χ4n) is 3.34. The number of aryl methyl sites for hydroxylation is 1. The van der Waals surface area contributed by atoms with Crippen molar-refractivity contribution in [2.24, 2.45) is 0 Å². The standard InChI is InChI=1S/C24H23N3O3S/c28-23(29)14-16-31-24-26-25-22(27(24)15-13-18-7-2-1-3-8-18)17-30-21-12-6-10-19-9-4-5-11-20(19)21/h1-12H,13-17H2,(H,28,29). The Hall–Kier alpha value is -3.32. The molecule has 0 atom stereocenters. The Balaban J connectivity index is 1.52. The molecule has 1 N–H and O–H groups in total. The SMILES string of the molecule is O=C(O)CCSc1nnc(COc2cccc3ccccc23)n1CCc1ccccc1. The summed E-state index contributed by atoms with van der Waals surface area (Å²) < 4.78 is 8.16. The molecular formula is C24H23N3O3S. The molecule has 0 fully saturated rings. The zero-order chi connectivity index (χ0) is 21.5. The first-order valence-corrected chi connectivity index (χ1v) is 11.1. The predicted molar refractivity (Wildman–Crippen MR) is 121 cm³/mol. The lowest BCUT2D eigenvalue weighted by Crippen LogP contribution is -2.11. The molecule has 0 saturated carbocycles. The normalized spacial score (nSPS) is 11.0. The van der Waals surface area contributed by atoms with Crippen LogP contribution in [0.3, 0.4) is 0 Å². The van der Waals surface area contributed by atoms with Crippen molar-refractivity contribution in [3.63, 3.8) is 0 Å². The van der Waals surface area contributed by atoms with Crippen molar-refractivity contribution in [1.82, 2.24) is 14.8 Å². The summed E-state index contributed by atoms with van der Waals surface area (Å²) in [4.78, 5) is 10.9. The molecule has 31 heavy (non-hydrogen) atoms. The second-order valence-corrected chi connectivity index (χ2v) is 8.11. The second-order valence-electron chi connectivity index (χ2n) is 7.04. The Kier molecular flexibility index (Phi) is 6.84. The molecule has 0 aliphatic heterocycles. The third kappa shape index (κ3) is 5.44. The number of fused-ring (bicyclic) bond motifs is 1. The highest BCUT2D eigenvalue weighted by Crippen LogP contribution is 2.26. The third-order valence-electron chi connectivity index (χ3n) is 4.91. The summed E-state index contributed by atoms with van der Waals surface area (Å²) in [6.45, 7) is 0.982. The molecule has 4 rings (SSSR count). The number of carboxylic acid groups (broad SMARTS) is 1. The van der Waals surface area contributed by atoms with Crippen LogP contribution in [0.4, 0.5) is 0 Å². The maximum absolute atomic E-state index is 10.9. The second kappa shape index (κ2) is 10.1. The van der Waals surface area contributed by atoms with Crippen molar-refractivity contribution in [3.8, 4) is 5.75 Å². The van der Waals surface area contributed by atoms with E-state index in [1.165, 1.54) is 17.3 Å². The van der Waals surface area contributed by atoms with Gasteiger partial charge in [0.25, 0.3) is 0 Å². The van der Waals surface area contributed by atoms with Crippen LogP contribution in [0.15, 0.2) is 78.0 Å². The van der Waals surface area contributed by atoms with Gasteiger partial charge in [0.05, 0.1) is 6.42 Å². The number of nitrogens with zero attached hydrogens (tertiary/aromatic N) is 3. The number of rotatable bonds is 10. The molecule has 0 bridgehead atoms. The van der Waals surface area contributed by atoms with Crippen LogP contribution in [0.25, 0.3) is 10.8 Å². The van der Waals surface area contributed by atoms with Crippen molar-refractivity contribution in [2.45, 2.75) is 31.1 Å². The number of aliphatic carboxylic acids is 1. The van der Waals surface area contributed by atoms with E-state index in [0.717, 1.165) is 28.8 Å². The number of hydrogen-bond donors (Lipinski definition) is 1. The molecule has 3 aromatic carbocycles. The minimum Gasteiger partial charge on any atom is -0.485 e. The molecule has 0 saturated heterocycles. The number of benzene rings is 3. The average Bonchev–Trinajstić information content (AvgIpc) is 3.18. The number of hydrogen-bond acceptors (Lipinski definition) is 5. The molecule has 7 heteroatoms. The van der Waals surface area contributed by atoms with Crippen LogP contribution in [-0.2, 0) is 24.4 Å². The van der Waals surface area contributed by atoms with Gasteiger partial charge in [-0.25, -0.2) is 0 Å². The highest BCUT2D eigenvalue weighted by molar-refractivity contribution is 7.99. The Morgan fingerprint density at radius 1 is 0.968 bits per heavy atom. The third-order valence-corrected chi connectivity index (χ3v) is 5.88. The summed E-state index contributed by atoms with van der Waals surface area (Å²) in [7, 11) is 0. The summed E-state index contributed by atoms with van der Waals surface area (Å²) in [5.41, 5.74) is 1.22. The number of aromatic nitrogens is 3. The van der Waals surface area contributed by atoms with Gasteiger partial charge in [0, 0.05) is 17.7 Å². The topological polar surface area (TPSA) is 77.2 Å². The van der Waals surface area contributed by atoms with Crippen LogP contribution in [0.2, 0.25) is 0 Å². The van der Waals surface area contributed by atoms with E-state index in [1.54, 1.807) is 0 Å². The summed E-state index contributed by atoms with van der Waals surface area (Å²) in [5, 5.41) is 20.5. The van der Waals surface area contributed by atoms with Crippen LogP contribution in [0, 0.1) is 0 Å². The number of ether oxygens (including phenoxy) is 1. The first-order chi connectivity index (χ1) is 15.2. The largest absolute Gasteiger partial charge is 0.485 e. The highest BCUT2D eigenvalue weighted by atomic mass is 32.2. The first kappa shape index (κ1) is 20.9. The Labute approximate surface area is 184 Å². The van der Waals surface area contributed by atoms with E-state index in [0.29, 0.717) is 17.5 Å². The van der Waals surface area contributed by atoms with Crippen LogP contribution < -0.4 is 4.74 Å². The minimum atomic E-state index is -0.817. The van der Waals surface area contributed by atoms with E-state index < -0.39 is 5.97 Å². The number of thioether (sulfide) groups is 1. The van der Waals surface area contributed by atoms with Gasteiger partial charge in [-0.2, -0.15) is 0 Å². The van der Waals surface area contributed by atoms with Gasteiger partial charge in [0.2, 0.25) is 0 Å². The summed E-state index contributed by atoms with van der Waals surface area (Å²) in [6.07, 6.45) is 0.907. The van der Waals surface area contributed by atoms with E-state index in [1.807, 2.05) is 53.1 Å². The molecule has 6 nitrogen and oxygen atoms in total.